The molecule has 0 spiro atoms. The molecule has 3 heteroatoms. The van der Waals surface area contributed by atoms with Crippen LogP contribution in [0.25, 0.3) is 0 Å². The minimum Gasteiger partial charge on any atom is -0.368 e. The maximum absolute atomic E-state index is 6.12. The molecule has 2 nitrogen and oxygen atoms in total. The minimum absolute atomic E-state index is 0.130. The van der Waals surface area contributed by atoms with Gasteiger partial charge >= 0.3 is 0 Å². The van der Waals surface area contributed by atoms with Crippen LogP contribution in [0.15, 0.2) is 15.7 Å². The van der Waals surface area contributed by atoms with E-state index in [0.29, 0.717) is 0 Å². The van der Waals surface area contributed by atoms with E-state index in [2.05, 4.69) is 31.1 Å². The number of allylic oxidation sites excluding steroid dienone is 1. The number of nitrogens with one attached hydrogen (secondary N) is 1. The van der Waals surface area contributed by atoms with Crippen LogP contribution in [0.3, 0.4) is 0 Å². The van der Waals surface area contributed by atoms with E-state index in [4.69, 9.17) is 11.6 Å². The maximum Gasteiger partial charge on any atom is 0.0888 e. The molecule has 0 radical (unpaired) electrons. The Hall–Kier alpha value is -0.500. The molecule has 1 aliphatic heterocycles. The van der Waals surface area contributed by atoms with Gasteiger partial charge in [-0.1, -0.05) is 32.4 Å². The Kier molecular flexibility index (Phi) is 2.47. The third kappa shape index (κ3) is 1.81. The Labute approximate surface area is 78.7 Å². The maximum atomic E-state index is 6.12. The molecule has 0 aliphatic carbocycles. The van der Waals surface area contributed by atoms with Gasteiger partial charge in [0, 0.05) is 0 Å². The quantitative estimate of drug-likeness (QED) is 0.618. The van der Waals surface area contributed by atoms with Crippen molar-refractivity contribution in [1.82, 2.24) is 5.32 Å². The summed E-state index contributed by atoms with van der Waals surface area (Å²) in [7, 11) is 0. The van der Waals surface area contributed by atoms with E-state index in [1.807, 2.05) is 6.92 Å². The average Bonchev–Trinajstić information content (AvgIpc) is 1.92. The molecule has 0 aromatic carbocycles. The van der Waals surface area contributed by atoms with Crippen LogP contribution in [-0.2, 0) is 0 Å². The Morgan fingerprint density at radius 1 is 1.50 bits per heavy atom. The van der Waals surface area contributed by atoms with Crippen LogP contribution in [0.1, 0.15) is 27.7 Å². The zero-order valence-corrected chi connectivity index (χ0v) is 8.74. The van der Waals surface area contributed by atoms with Gasteiger partial charge in [0.25, 0.3) is 0 Å². The molecule has 0 aromatic rings. The smallest absolute Gasteiger partial charge is 0.0888 e. The highest BCUT2D eigenvalue weighted by molar-refractivity contribution is 6.31. The summed E-state index contributed by atoms with van der Waals surface area (Å²) in [6.45, 7) is 8.39. The van der Waals surface area contributed by atoms with E-state index in [0.717, 1.165) is 10.7 Å². The Balaban J connectivity index is 2.91. The lowest BCUT2D eigenvalue weighted by atomic mass is 9.86. The van der Waals surface area contributed by atoms with Crippen LogP contribution in [0.5, 0.6) is 0 Å². The standard InChI is InChI=1S/C9H15ClN2/c1-6-7(10)8(9(2,3)4)12-5-11-6/h5,8H,1-4H3,(H,11,12). The molecule has 0 amide bonds. The highest BCUT2D eigenvalue weighted by atomic mass is 35.5. The number of halogens is 1. The van der Waals surface area contributed by atoms with Crippen molar-refractivity contribution < 1.29 is 0 Å². The average molecular weight is 187 g/mol. The summed E-state index contributed by atoms with van der Waals surface area (Å²) in [6, 6.07) is 0.191. The van der Waals surface area contributed by atoms with Gasteiger partial charge in [0.1, 0.15) is 0 Å². The fourth-order valence-corrected chi connectivity index (χ4v) is 1.62. The summed E-state index contributed by atoms with van der Waals surface area (Å²) in [5.74, 6) is 0. The van der Waals surface area contributed by atoms with Crippen molar-refractivity contribution >= 4 is 17.9 Å². The second kappa shape index (κ2) is 3.09. The monoisotopic (exact) mass is 186 g/mol. The molecule has 0 aromatic heterocycles. The molecule has 1 unspecified atom stereocenters. The zero-order valence-electron chi connectivity index (χ0n) is 7.98. The van der Waals surface area contributed by atoms with Crippen molar-refractivity contribution in [1.29, 1.82) is 0 Å². The topological polar surface area (TPSA) is 24.4 Å². The van der Waals surface area contributed by atoms with Crippen molar-refractivity contribution in [3.05, 3.63) is 10.7 Å². The van der Waals surface area contributed by atoms with Crippen molar-refractivity contribution in [3.63, 3.8) is 0 Å². The summed E-state index contributed by atoms with van der Waals surface area (Å²) >= 11 is 6.12. The Bertz CT molecular complexity index is 235. The third-order valence-corrected chi connectivity index (χ3v) is 2.46. The molecule has 0 bridgehead atoms. The highest BCUT2D eigenvalue weighted by Crippen LogP contribution is 2.30. The van der Waals surface area contributed by atoms with Gasteiger partial charge in [-0.25, -0.2) is 4.99 Å². The zero-order chi connectivity index (χ0) is 9.35. The van der Waals surface area contributed by atoms with Crippen LogP contribution >= 0.6 is 11.6 Å². The highest BCUT2D eigenvalue weighted by Gasteiger charge is 2.29. The first kappa shape index (κ1) is 9.59. The molecular formula is C9H15ClN2. The molecule has 0 fully saturated rings. The molecule has 0 saturated heterocycles. The number of aliphatic imine (C=N–C) groups is 1. The summed E-state index contributed by atoms with van der Waals surface area (Å²) in [5.41, 5.74) is 1.04. The number of rotatable bonds is 0. The van der Waals surface area contributed by atoms with E-state index in [-0.39, 0.29) is 11.5 Å². The lowest BCUT2D eigenvalue weighted by Crippen LogP contribution is -2.41. The molecule has 1 aliphatic rings. The van der Waals surface area contributed by atoms with E-state index >= 15 is 0 Å². The molecule has 68 valence electrons. The van der Waals surface area contributed by atoms with Crippen LogP contribution in [0.2, 0.25) is 0 Å². The predicted octanol–water partition coefficient (Wildman–Crippen LogP) is 2.50. The Morgan fingerprint density at radius 2 is 2.08 bits per heavy atom. The second-order valence-corrected chi connectivity index (χ2v) is 4.56. The summed E-state index contributed by atoms with van der Waals surface area (Å²) in [4.78, 5) is 4.09. The molecule has 0 saturated carbocycles. The molecular weight excluding hydrogens is 172 g/mol. The SMILES string of the molecule is CC1=C(Cl)C(C(C)(C)C)NC=N1. The first-order valence-electron chi connectivity index (χ1n) is 4.08. The van der Waals surface area contributed by atoms with E-state index in [9.17, 15) is 0 Å². The van der Waals surface area contributed by atoms with Gasteiger partial charge in [-0.2, -0.15) is 0 Å². The van der Waals surface area contributed by atoms with Gasteiger partial charge in [-0.05, 0) is 12.3 Å². The van der Waals surface area contributed by atoms with Crippen LogP contribution in [-0.4, -0.2) is 12.4 Å². The normalized spacial score (nSPS) is 24.2. The lowest BCUT2D eigenvalue weighted by molar-refractivity contribution is 0.337. The van der Waals surface area contributed by atoms with Crippen LogP contribution in [0, 0.1) is 5.41 Å². The number of nitrogens with zero attached hydrogens (tertiary/aromatic N) is 1. The molecule has 1 rings (SSSR count). The summed E-state index contributed by atoms with van der Waals surface area (Å²) < 4.78 is 0. The van der Waals surface area contributed by atoms with Gasteiger partial charge in [-0.15, -0.1) is 0 Å². The van der Waals surface area contributed by atoms with Crippen LogP contribution < -0.4 is 5.32 Å². The van der Waals surface area contributed by atoms with Crippen molar-refractivity contribution in [2.24, 2.45) is 10.4 Å². The third-order valence-electron chi connectivity index (χ3n) is 1.96. The van der Waals surface area contributed by atoms with E-state index in [1.54, 1.807) is 6.34 Å². The van der Waals surface area contributed by atoms with Crippen molar-refractivity contribution in [2.75, 3.05) is 0 Å². The van der Waals surface area contributed by atoms with Gasteiger partial charge in [0.2, 0.25) is 0 Å². The van der Waals surface area contributed by atoms with Crippen molar-refractivity contribution in [2.45, 2.75) is 33.7 Å². The van der Waals surface area contributed by atoms with Gasteiger partial charge in [0.15, 0.2) is 0 Å². The first-order valence-corrected chi connectivity index (χ1v) is 4.45. The molecule has 12 heavy (non-hydrogen) atoms. The van der Waals surface area contributed by atoms with E-state index < -0.39 is 0 Å². The largest absolute Gasteiger partial charge is 0.368 e. The number of hydrogen-bond donors (Lipinski definition) is 1. The Morgan fingerprint density at radius 3 is 2.50 bits per heavy atom. The fraction of sp³-hybridized carbons (Fsp3) is 0.667. The minimum atomic E-state index is 0.130. The molecule has 1 heterocycles. The van der Waals surface area contributed by atoms with E-state index in [1.165, 1.54) is 0 Å². The fourth-order valence-electron chi connectivity index (χ4n) is 1.18. The predicted molar refractivity (Wildman–Crippen MR) is 53.4 cm³/mol. The van der Waals surface area contributed by atoms with Crippen LogP contribution in [0.4, 0.5) is 0 Å². The van der Waals surface area contributed by atoms with Gasteiger partial charge in [0.05, 0.1) is 23.1 Å². The first-order chi connectivity index (χ1) is 5.43. The van der Waals surface area contributed by atoms with Gasteiger partial charge in [-0.3, -0.25) is 0 Å². The second-order valence-electron chi connectivity index (χ2n) is 4.16. The summed E-state index contributed by atoms with van der Waals surface area (Å²) in [5, 5.41) is 3.98. The van der Waals surface area contributed by atoms with Crippen molar-refractivity contribution in [3.8, 4) is 0 Å². The molecule has 1 N–H and O–H groups in total. The lowest BCUT2D eigenvalue weighted by Gasteiger charge is -2.32. The summed E-state index contributed by atoms with van der Waals surface area (Å²) in [6.07, 6.45) is 1.72. The molecule has 1 atom stereocenters. The number of hydrogen-bond acceptors (Lipinski definition) is 2. The van der Waals surface area contributed by atoms with Gasteiger partial charge < -0.3 is 5.32 Å².